The molecule has 1 heterocycles. The third kappa shape index (κ3) is 2.40. The topological polar surface area (TPSA) is 62.7 Å². The highest BCUT2D eigenvalue weighted by molar-refractivity contribution is 6.31. The number of nitrogens with two attached hydrogens (primary N) is 1. The number of anilines is 1. The first kappa shape index (κ1) is 13.7. The number of nitrogens with zero attached hydrogens (tertiary/aromatic N) is 2. The molecule has 0 amide bonds. The highest BCUT2D eigenvalue weighted by atomic mass is 35.5. The minimum Gasteiger partial charge on any atom is -0.383 e. The smallest absolute Gasteiger partial charge is 0.142 e. The molecule has 0 fully saturated rings. The fourth-order valence-electron chi connectivity index (χ4n) is 2.28. The molecule has 5 heteroatoms. The van der Waals surface area contributed by atoms with E-state index in [9.17, 15) is 5.26 Å². The van der Waals surface area contributed by atoms with E-state index in [0.717, 1.165) is 16.5 Å². The first-order chi connectivity index (χ1) is 10.1. The Bertz CT molecular complexity index is 881. The molecule has 3 aromatic rings. The van der Waals surface area contributed by atoms with Crippen LogP contribution in [0.5, 0.6) is 0 Å². The molecule has 0 unspecified atom stereocenters. The molecule has 3 rings (SSSR count). The van der Waals surface area contributed by atoms with Crippen LogP contribution in [0.25, 0.3) is 22.0 Å². The van der Waals surface area contributed by atoms with Gasteiger partial charge < -0.3 is 5.73 Å². The van der Waals surface area contributed by atoms with E-state index in [1.165, 1.54) is 0 Å². The van der Waals surface area contributed by atoms with Crippen molar-refractivity contribution in [3.8, 4) is 17.2 Å². The molecule has 102 valence electrons. The third-order valence-electron chi connectivity index (χ3n) is 3.22. The van der Waals surface area contributed by atoms with Crippen LogP contribution in [-0.4, -0.2) is 4.98 Å². The molecule has 0 aliphatic carbocycles. The van der Waals surface area contributed by atoms with Gasteiger partial charge in [-0.3, -0.25) is 0 Å². The lowest BCUT2D eigenvalue weighted by Gasteiger charge is -2.11. The monoisotopic (exact) mass is 313 g/mol. The number of pyridine rings is 1. The van der Waals surface area contributed by atoms with E-state index in [0.29, 0.717) is 21.1 Å². The van der Waals surface area contributed by atoms with Crippen LogP contribution in [-0.2, 0) is 0 Å². The van der Waals surface area contributed by atoms with Crippen molar-refractivity contribution in [2.45, 2.75) is 0 Å². The number of rotatable bonds is 1. The molecule has 1 aromatic heterocycles. The van der Waals surface area contributed by atoms with Gasteiger partial charge in [0.25, 0.3) is 0 Å². The van der Waals surface area contributed by atoms with Crippen LogP contribution < -0.4 is 5.73 Å². The average molecular weight is 314 g/mol. The second kappa shape index (κ2) is 5.25. The predicted octanol–water partition coefficient (Wildman–Crippen LogP) is 4.66. The number of hydrogen-bond acceptors (Lipinski definition) is 3. The van der Waals surface area contributed by atoms with Crippen molar-refractivity contribution in [1.29, 1.82) is 5.26 Å². The Morgan fingerprint density at radius 1 is 1.00 bits per heavy atom. The van der Waals surface area contributed by atoms with Gasteiger partial charge in [-0.25, -0.2) is 4.98 Å². The van der Waals surface area contributed by atoms with Gasteiger partial charge in [-0.15, -0.1) is 0 Å². The maximum atomic E-state index is 9.41. The SMILES string of the molecule is N#Cc1c(N)nc2ccc(Cl)cc2c1-c1ccc(Cl)cc1. The summed E-state index contributed by atoms with van der Waals surface area (Å²) in [5, 5.41) is 11.4. The maximum Gasteiger partial charge on any atom is 0.142 e. The largest absolute Gasteiger partial charge is 0.383 e. The molecule has 0 saturated carbocycles. The molecule has 0 atom stereocenters. The Labute approximate surface area is 131 Å². The Morgan fingerprint density at radius 2 is 1.67 bits per heavy atom. The summed E-state index contributed by atoms with van der Waals surface area (Å²) in [4.78, 5) is 4.26. The molecule has 2 N–H and O–H groups in total. The average Bonchev–Trinajstić information content (AvgIpc) is 2.47. The van der Waals surface area contributed by atoms with Crippen LogP contribution in [0.15, 0.2) is 42.5 Å². The van der Waals surface area contributed by atoms with Gasteiger partial charge in [0.05, 0.1) is 5.52 Å². The predicted molar refractivity (Wildman–Crippen MR) is 86.3 cm³/mol. The van der Waals surface area contributed by atoms with E-state index < -0.39 is 0 Å². The van der Waals surface area contributed by atoms with Crippen LogP contribution in [0.1, 0.15) is 5.56 Å². The van der Waals surface area contributed by atoms with Gasteiger partial charge >= 0.3 is 0 Å². The Balaban J connectivity index is 2.45. The summed E-state index contributed by atoms with van der Waals surface area (Å²) < 4.78 is 0. The summed E-state index contributed by atoms with van der Waals surface area (Å²) in [5.41, 5.74) is 8.51. The zero-order valence-corrected chi connectivity index (χ0v) is 12.3. The van der Waals surface area contributed by atoms with Crippen LogP contribution in [0.4, 0.5) is 5.82 Å². The lowest BCUT2D eigenvalue weighted by atomic mass is 9.96. The molecule has 2 aromatic carbocycles. The second-order valence-corrected chi connectivity index (χ2v) is 5.40. The summed E-state index contributed by atoms with van der Waals surface area (Å²) in [6.07, 6.45) is 0. The molecule has 0 aliphatic heterocycles. The maximum absolute atomic E-state index is 9.41. The number of benzene rings is 2. The Kier molecular flexibility index (Phi) is 3.42. The number of aromatic nitrogens is 1. The van der Waals surface area contributed by atoms with Crippen molar-refractivity contribution in [2.24, 2.45) is 0 Å². The Hall–Kier alpha value is -2.28. The van der Waals surface area contributed by atoms with Gasteiger partial charge in [-0.2, -0.15) is 5.26 Å². The van der Waals surface area contributed by atoms with Crippen molar-refractivity contribution in [3.63, 3.8) is 0 Å². The van der Waals surface area contributed by atoms with E-state index in [-0.39, 0.29) is 5.82 Å². The standard InChI is InChI=1S/C16H9Cl2N3/c17-10-3-1-9(2-4-10)15-12-7-11(18)5-6-14(12)21-16(20)13(15)8-19/h1-7H,(H2,20,21). The highest BCUT2D eigenvalue weighted by Gasteiger charge is 2.15. The summed E-state index contributed by atoms with van der Waals surface area (Å²) >= 11 is 12.0. The van der Waals surface area contributed by atoms with Gasteiger partial charge in [-0.05, 0) is 35.9 Å². The van der Waals surface area contributed by atoms with Gasteiger partial charge in [0, 0.05) is 21.0 Å². The minimum atomic E-state index is 0.206. The second-order valence-electron chi connectivity index (χ2n) is 4.53. The number of halogens is 2. The van der Waals surface area contributed by atoms with E-state index in [1.807, 2.05) is 12.1 Å². The number of nitriles is 1. The molecule has 0 saturated heterocycles. The molecule has 21 heavy (non-hydrogen) atoms. The summed E-state index contributed by atoms with van der Waals surface area (Å²) in [6, 6.07) is 14.7. The van der Waals surface area contributed by atoms with Crippen LogP contribution in [0.2, 0.25) is 10.0 Å². The number of hydrogen-bond donors (Lipinski definition) is 1. The van der Waals surface area contributed by atoms with Gasteiger partial charge in [0.15, 0.2) is 0 Å². The zero-order chi connectivity index (χ0) is 15.0. The van der Waals surface area contributed by atoms with Crippen molar-refractivity contribution in [2.75, 3.05) is 5.73 Å². The quantitative estimate of drug-likeness (QED) is 0.710. The van der Waals surface area contributed by atoms with Crippen molar-refractivity contribution >= 4 is 39.9 Å². The van der Waals surface area contributed by atoms with Crippen molar-refractivity contribution in [1.82, 2.24) is 4.98 Å². The van der Waals surface area contributed by atoms with Crippen molar-refractivity contribution < 1.29 is 0 Å². The third-order valence-corrected chi connectivity index (χ3v) is 3.71. The van der Waals surface area contributed by atoms with Gasteiger partial charge in [0.1, 0.15) is 17.5 Å². The first-order valence-electron chi connectivity index (χ1n) is 6.15. The van der Waals surface area contributed by atoms with Crippen molar-refractivity contribution in [3.05, 3.63) is 58.1 Å². The Morgan fingerprint density at radius 3 is 2.33 bits per heavy atom. The summed E-state index contributed by atoms with van der Waals surface area (Å²) in [6.45, 7) is 0. The van der Waals surface area contributed by atoms with Gasteiger partial charge in [0.2, 0.25) is 0 Å². The fourth-order valence-corrected chi connectivity index (χ4v) is 2.58. The van der Waals surface area contributed by atoms with E-state index in [4.69, 9.17) is 28.9 Å². The van der Waals surface area contributed by atoms with Crippen LogP contribution >= 0.6 is 23.2 Å². The lowest BCUT2D eigenvalue weighted by molar-refractivity contribution is 1.37. The first-order valence-corrected chi connectivity index (χ1v) is 6.90. The zero-order valence-electron chi connectivity index (χ0n) is 10.8. The molecule has 3 nitrogen and oxygen atoms in total. The molecule has 0 radical (unpaired) electrons. The fraction of sp³-hybridized carbons (Fsp3) is 0. The summed E-state index contributed by atoms with van der Waals surface area (Å²) in [7, 11) is 0. The van der Waals surface area contributed by atoms with Crippen LogP contribution in [0, 0.1) is 11.3 Å². The minimum absolute atomic E-state index is 0.206. The van der Waals surface area contributed by atoms with E-state index in [1.54, 1.807) is 30.3 Å². The van der Waals surface area contributed by atoms with E-state index in [2.05, 4.69) is 11.1 Å². The highest BCUT2D eigenvalue weighted by Crippen LogP contribution is 2.35. The summed E-state index contributed by atoms with van der Waals surface area (Å²) in [5.74, 6) is 0.206. The van der Waals surface area contributed by atoms with Gasteiger partial charge in [-0.1, -0.05) is 35.3 Å². The molecular weight excluding hydrogens is 305 g/mol. The molecular formula is C16H9Cl2N3. The van der Waals surface area contributed by atoms with Crippen LogP contribution in [0.3, 0.4) is 0 Å². The lowest BCUT2D eigenvalue weighted by Crippen LogP contribution is -1.99. The normalized spacial score (nSPS) is 10.5. The number of fused-ring (bicyclic) bond motifs is 1. The molecule has 0 aliphatic rings. The number of nitrogen functional groups attached to an aromatic ring is 1. The molecule has 0 bridgehead atoms. The van der Waals surface area contributed by atoms with E-state index >= 15 is 0 Å². The molecule has 0 spiro atoms.